The van der Waals surface area contributed by atoms with Gasteiger partial charge in [0.05, 0.1) is 16.8 Å². The largest absolute Gasteiger partial charge is 0.482 e. The van der Waals surface area contributed by atoms with Gasteiger partial charge in [0, 0.05) is 17.0 Å². The smallest absolute Gasteiger partial charge is 0.263 e. The van der Waals surface area contributed by atoms with Crippen molar-refractivity contribution in [2.75, 3.05) is 17.7 Å². The molecule has 7 nitrogen and oxygen atoms in total. The van der Waals surface area contributed by atoms with Gasteiger partial charge in [0.1, 0.15) is 10.6 Å². The topological polar surface area (TPSA) is 90.3 Å². The molecule has 0 spiro atoms. The van der Waals surface area contributed by atoms with Gasteiger partial charge in [-0.05, 0) is 55.9 Å². The second kappa shape index (κ2) is 8.71. The minimum Gasteiger partial charge on any atom is -0.482 e. The quantitative estimate of drug-likeness (QED) is 0.333. The zero-order valence-electron chi connectivity index (χ0n) is 17.7. The van der Waals surface area contributed by atoms with Crippen molar-refractivity contribution >= 4 is 50.7 Å². The van der Waals surface area contributed by atoms with E-state index in [1.807, 2.05) is 6.92 Å². The van der Waals surface area contributed by atoms with E-state index in [0.29, 0.717) is 28.7 Å². The lowest BCUT2D eigenvalue weighted by Gasteiger charge is -2.18. The maximum Gasteiger partial charge on any atom is 0.263 e. The number of hydrogen-bond acceptors (Lipinski definition) is 7. The van der Waals surface area contributed by atoms with Gasteiger partial charge in [0.25, 0.3) is 11.5 Å². The predicted octanol–water partition coefficient (Wildman–Crippen LogP) is 4.05. The number of carbonyl (C=O) groups is 2. The number of Topliss-reactive ketones (excluding diaryl/α,β-unsaturated/α-hetero) is 1. The second-order valence-corrected chi connectivity index (χ2v) is 10.0. The lowest BCUT2D eigenvalue weighted by Crippen LogP contribution is -2.25. The average molecular weight is 470 g/mol. The summed E-state index contributed by atoms with van der Waals surface area (Å²) in [7, 11) is 0. The summed E-state index contributed by atoms with van der Waals surface area (Å²) >= 11 is 2.92. The Morgan fingerprint density at radius 1 is 1.28 bits per heavy atom. The zero-order valence-corrected chi connectivity index (χ0v) is 19.4. The van der Waals surface area contributed by atoms with Crippen molar-refractivity contribution in [1.82, 2.24) is 9.55 Å². The molecule has 1 aliphatic carbocycles. The molecule has 1 amide bonds. The fourth-order valence-corrected chi connectivity index (χ4v) is 6.44. The molecule has 3 heterocycles. The Hall–Kier alpha value is -2.65. The summed E-state index contributed by atoms with van der Waals surface area (Å²) in [4.78, 5) is 44.7. The first-order valence-corrected chi connectivity index (χ1v) is 12.6. The Morgan fingerprint density at radius 3 is 2.97 bits per heavy atom. The number of aromatic nitrogens is 2. The maximum absolute atomic E-state index is 13.4. The van der Waals surface area contributed by atoms with Gasteiger partial charge in [-0.15, -0.1) is 11.3 Å². The number of ketones is 1. The highest BCUT2D eigenvalue weighted by Crippen LogP contribution is 2.35. The maximum atomic E-state index is 13.4. The van der Waals surface area contributed by atoms with Gasteiger partial charge in [-0.1, -0.05) is 18.7 Å². The van der Waals surface area contributed by atoms with Crippen LogP contribution in [0.5, 0.6) is 5.75 Å². The van der Waals surface area contributed by atoms with Gasteiger partial charge < -0.3 is 10.1 Å². The molecular formula is C23H23N3O4S2. The molecule has 0 atom stereocenters. The molecule has 2 aliphatic rings. The van der Waals surface area contributed by atoms with Crippen LogP contribution in [-0.2, 0) is 24.2 Å². The highest BCUT2D eigenvalue weighted by Gasteiger charge is 2.23. The van der Waals surface area contributed by atoms with Gasteiger partial charge in [-0.25, -0.2) is 4.98 Å². The van der Waals surface area contributed by atoms with Crippen molar-refractivity contribution < 1.29 is 14.3 Å². The lowest BCUT2D eigenvalue weighted by atomic mass is 9.97. The summed E-state index contributed by atoms with van der Waals surface area (Å²) in [5.41, 5.74) is 2.19. The van der Waals surface area contributed by atoms with E-state index in [2.05, 4.69) is 5.32 Å². The number of thioether (sulfide) groups is 1. The number of thiophene rings is 1. The first-order chi connectivity index (χ1) is 15.5. The number of benzene rings is 1. The third kappa shape index (κ3) is 3.84. The van der Waals surface area contributed by atoms with Crippen LogP contribution in [0.2, 0.25) is 0 Å². The molecule has 166 valence electrons. The van der Waals surface area contributed by atoms with Crippen LogP contribution in [0.15, 0.2) is 28.2 Å². The van der Waals surface area contributed by atoms with Crippen molar-refractivity contribution in [2.45, 2.75) is 50.7 Å². The summed E-state index contributed by atoms with van der Waals surface area (Å²) in [6.45, 7) is 2.58. The van der Waals surface area contributed by atoms with Crippen LogP contribution in [0.25, 0.3) is 10.2 Å². The molecule has 0 saturated carbocycles. The van der Waals surface area contributed by atoms with E-state index in [1.54, 1.807) is 34.1 Å². The molecule has 0 unspecified atom stereocenters. The molecule has 2 aromatic heterocycles. The van der Waals surface area contributed by atoms with E-state index in [0.717, 1.165) is 42.3 Å². The number of carbonyl (C=O) groups excluding carboxylic acids is 2. The van der Waals surface area contributed by atoms with Crippen molar-refractivity contribution in [3.8, 4) is 5.75 Å². The van der Waals surface area contributed by atoms with Crippen LogP contribution in [-0.4, -0.2) is 33.6 Å². The number of aryl methyl sites for hydroxylation is 2. The summed E-state index contributed by atoms with van der Waals surface area (Å²) in [6.07, 6.45) is 5.05. The Balaban J connectivity index is 1.43. The van der Waals surface area contributed by atoms with Crippen molar-refractivity contribution in [3.05, 3.63) is 44.6 Å². The number of anilines is 1. The molecule has 0 saturated heterocycles. The number of nitrogens with one attached hydrogen (secondary N) is 1. The van der Waals surface area contributed by atoms with Crippen molar-refractivity contribution in [2.24, 2.45) is 0 Å². The van der Waals surface area contributed by atoms with Gasteiger partial charge in [0.2, 0.25) is 0 Å². The monoisotopic (exact) mass is 469 g/mol. The lowest BCUT2D eigenvalue weighted by molar-refractivity contribution is -0.118. The molecule has 1 aliphatic heterocycles. The van der Waals surface area contributed by atoms with E-state index in [-0.39, 0.29) is 29.6 Å². The summed E-state index contributed by atoms with van der Waals surface area (Å²) in [5.74, 6) is 0.372. The molecule has 32 heavy (non-hydrogen) atoms. The third-order valence-electron chi connectivity index (χ3n) is 5.75. The van der Waals surface area contributed by atoms with E-state index in [1.165, 1.54) is 22.2 Å². The molecular weight excluding hydrogens is 446 g/mol. The molecule has 9 heteroatoms. The first kappa shape index (κ1) is 21.2. The van der Waals surface area contributed by atoms with Crippen LogP contribution in [0.1, 0.15) is 47.0 Å². The highest BCUT2D eigenvalue weighted by molar-refractivity contribution is 7.99. The Labute approximate surface area is 193 Å². The van der Waals surface area contributed by atoms with Crippen LogP contribution < -0.4 is 15.6 Å². The number of nitrogens with zero attached hydrogens (tertiary/aromatic N) is 2. The summed E-state index contributed by atoms with van der Waals surface area (Å²) in [6, 6.07) is 5.03. The Kier molecular flexibility index (Phi) is 5.77. The van der Waals surface area contributed by atoms with Gasteiger partial charge in [-0.2, -0.15) is 0 Å². The van der Waals surface area contributed by atoms with Crippen LogP contribution in [0.3, 0.4) is 0 Å². The Bertz CT molecular complexity index is 1290. The molecule has 3 aromatic rings. The van der Waals surface area contributed by atoms with Gasteiger partial charge in [-0.3, -0.25) is 19.0 Å². The minimum absolute atomic E-state index is 0.0137. The average Bonchev–Trinajstić information content (AvgIpc) is 3.17. The number of fused-ring (bicyclic) bond motifs is 4. The van der Waals surface area contributed by atoms with Crippen molar-refractivity contribution in [1.29, 1.82) is 0 Å². The predicted molar refractivity (Wildman–Crippen MR) is 126 cm³/mol. The fraction of sp³-hybridized carbons (Fsp3) is 0.391. The fourth-order valence-electron chi connectivity index (χ4n) is 4.22. The molecule has 1 aromatic carbocycles. The molecule has 0 radical (unpaired) electrons. The van der Waals surface area contributed by atoms with Gasteiger partial charge in [0.15, 0.2) is 17.5 Å². The van der Waals surface area contributed by atoms with E-state index >= 15 is 0 Å². The number of rotatable bonds is 6. The first-order valence-electron chi connectivity index (χ1n) is 10.8. The number of amides is 1. The second-order valence-electron chi connectivity index (χ2n) is 8.00. The van der Waals surface area contributed by atoms with E-state index in [9.17, 15) is 14.4 Å². The number of ether oxygens (including phenoxy) is 1. The van der Waals surface area contributed by atoms with Crippen LogP contribution >= 0.6 is 23.1 Å². The zero-order chi connectivity index (χ0) is 22.2. The van der Waals surface area contributed by atoms with Gasteiger partial charge >= 0.3 is 0 Å². The van der Waals surface area contributed by atoms with E-state index < -0.39 is 0 Å². The van der Waals surface area contributed by atoms with Crippen LogP contribution in [0.4, 0.5) is 5.69 Å². The minimum atomic E-state index is -0.240. The standard InChI is InChI=1S/C23H23N3O4S2/c1-2-9-26-22(29)20-14-5-3-4-6-18(14)32-21(20)25-23(26)31-12-16(27)13-7-8-17-15(10-13)24-19(28)11-30-17/h7-8,10H,2-6,9,11-12H2,1H3,(H,24,28). The number of hydrogen-bond donors (Lipinski definition) is 1. The summed E-state index contributed by atoms with van der Waals surface area (Å²) < 4.78 is 7.08. The normalized spacial score (nSPS) is 15.1. The molecule has 5 rings (SSSR count). The van der Waals surface area contributed by atoms with Crippen LogP contribution in [0, 0.1) is 0 Å². The molecule has 1 N–H and O–H groups in total. The highest BCUT2D eigenvalue weighted by atomic mass is 32.2. The Morgan fingerprint density at radius 2 is 2.12 bits per heavy atom. The third-order valence-corrected chi connectivity index (χ3v) is 7.92. The SMILES string of the molecule is CCCn1c(SCC(=O)c2ccc3c(c2)NC(=O)CO3)nc2sc3c(c2c1=O)CCCC3. The van der Waals surface area contributed by atoms with Crippen molar-refractivity contribution in [3.63, 3.8) is 0 Å². The summed E-state index contributed by atoms with van der Waals surface area (Å²) in [5, 5.41) is 4.09. The van der Waals surface area contributed by atoms with E-state index in [4.69, 9.17) is 9.72 Å². The molecule has 0 bridgehead atoms. The molecule has 0 fully saturated rings.